The van der Waals surface area contributed by atoms with Gasteiger partial charge in [-0.25, -0.2) is 0 Å². The van der Waals surface area contributed by atoms with E-state index in [-0.39, 0.29) is 5.56 Å². The second-order valence-corrected chi connectivity index (χ2v) is 7.74. The maximum absolute atomic E-state index is 12.9. The van der Waals surface area contributed by atoms with E-state index in [0.717, 1.165) is 16.9 Å². The van der Waals surface area contributed by atoms with Crippen molar-refractivity contribution in [1.29, 1.82) is 0 Å². The van der Waals surface area contributed by atoms with Crippen molar-refractivity contribution in [3.05, 3.63) is 62.9 Å². The molecule has 0 bridgehead atoms. The molecule has 0 aliphatic rings. The number of carbonyl (C=O) groups excluding carboxylic acids is 1. The fraction of sp³-hybridized carbons (Fsp3) is 0.217. The molecule has 2 aromatic carbocycles. The van der Waals surface area contributed by atoms with E-state index >= 15 is 0 Å². The van der Waals surface area contributed by atoms with E-state index in [2.05, 4.69) is 10.1 Å². The quantitative estimate of drug-likeness (QED) is 0.315. The van der Waals surface area contributed by atoms with E-state index in [1.165, 1.54) is 22.8 Å². The third-order valence-corrected chi connectivity index (χ3v) is 5.38. The molecule has 0 unspecified atom stereocenters. The third kappa shape index (κ3) is 4.47. The van der Waals surface area contributed by atoms with E-state index in [1.54, 1.807) is 24.3 Å². The van der Waals surface area contributed by atoms with Crippen molar-refractivity contribution in [3.8, 4) is 28.6 Å². The van der Waals surface area contributed by atoms with Gasteiger partial charge in [-0.2, -0.15) is 9.50 Å². The summed E-state index contributed by atoms with van der Waals surface area (Å²) in [5, 5.41) is 4.37. The molecule has 0 aliphatic carbocycles. The van der Waals surface area contributed by atoms with Crippen LogP contribution < -0.4 is 24.3 Å². The van der Waals surface area contributed by atoms with Crippen LogP contribution in [0.1, 0.15) is 26.3 Å². The monoisotopic (exact) mass is 451 g/mol. The fourth-order valence-electron chi connectivity index (χ4n) is 3.10. The van der Waals surface area contributed by atoms with Crippen LogP contribution in [0.25, 0.3) is 22.4 Å². The summed E-state index contributed by atoms with van der Waals surface area (Å²) in [5.74, 6) is 1.58. The lowest BCUT2D eigenvalue weighted by Gasteiger charge is -2.10. The van der Waals surface area contributed by atoms with Crippen molar-refractivity contribution in [3.63, 3.8) is 0 Å². The maximum Gasteiger partial charge on any atom is 0.308 e. The number of hydrogen-bond acceptors (Lipinski definition) is 8. The zero-order chi connectivity index (χ0) is 22.7. The standard InChI is InChI=1S/C23H21N3O5S/c1-4-29-17-9-7-16(8-10-17)21-24-23-26(25-21)22(28)20(32-23)13-15-6-11-18(31-14(3)27)19(12-15)30-5-2/h6-13H,4-5H2,1-3H3. The number of hydrogen-bond donors (Lipinski definition) is 0. The number of carbonyl (C=O) groups is 1. The predicted octanol–water partition coefficient (Wildman–Crippen LogP) is 3.09. The summed E-state index contributed by atoms with van der Waals surface area (Å²) < 4.78 is 18.0. The van der Waals surface area contributed by atoms with Crippen molar-refractivity contribution in [2.24, 2.45) is 0 Å². The third-order valence-electron chi connectivity index (χ3n) is 4.42. The number of rotatable bonds is 7. The number of aromatic nitrogens is 3. The van der Waals surface area contributed by atoms with Crippen molar-refractivity contribution in [2.45, 2.75) is 20.8 Å². The minimum absolute atomic E-state index is 0.253. The zero-order valence-corrected chi connectivity index (χ0v) is 18.6. The van der Waals surface area contributed by atoms with Crippen LogP contribution in [0.15, 0.2) is 47.3 Å². The van der Waals surface area contributed by atoms with Crippen LogP contribution in [0, 0.1) is 0 Å². The Labute approximate surface area is 187 Å². The summed E-state index contributed by atoms with van der Waals surface area (Å²) >= 11 is 1.25. The first-order valence-electron chi connectivity index (χ1n) is 10.1. The number of thiazole rings is 1. The maximum atomic E-state index is 12.9. The number of ether oxygens (including phenoxy) is 3. The lowest BCUT2D eigenvalue weighted by molar-refractivity contribution is -0.132. The Kier molecular flexibility index (Phi) is 6.18. The van der Waals surface area contributed by atoms with Crippen molar-refractivity contribution in [1.82, 2.24) is 14.6 Å². The average molecular weight is 452 g/mol. The molecular weight excluding hydrogens is 430 g/mol. The van der Waals surface area contributed by atoms with Crippen molar-refractivity contribution >= 4 is 28.3 Å². The zero-order valence-electron chi connectivity index (χ0n) is 17.8. The first-order valence-corrected chi connectivity index (χ1v) is 10.9. The van der Waals surface area contributed by atoms with E-state index in [9.17, 15) is 9.59 Å². The largest absolute Gasteiger partial charge is 0.494 e. The van der Waals surface area contributed by atoms with Gasteiger partial charge in [-0.15, -0.1) is 5.10 Å². The first kappa shape index (κ1) is 21.5. The van der Waals surface area contributed by atoms with Gasteiger partial charge in [0.2, 0.25) is 4.96 Å². The van der Waals surface area contributed by atoms with E-state index < -0.39 is 5.97 Å². The van der Waals surface area contributed by atoms with Gasteiger partial charge in [0, 0.05) is 12.5 Å². The Hall–Kier alpha value is -3.72. The first-order chi connectivity index (χ1) is 15.5. The molecule has 2 heterocycles. The molecule has 8 nitrogen and oxygen atoms in total. The number of nitrogens with zero attached hydrogens (tertiary/aromatic N) is 3. The summed E-state index contributed by atoms with van der Waals surface area (Å²) in [6.07, 6.45) is 1.74. The molecule has 32 heavy (non-hydrogen) atoms. The van der Waals surface area contributed by atoms with Crippen LogP contribution in [0.4, 0.5) is 0 Å². The summed E-state index contributed by atoms with van der Waals surface area (Å²) in [6.45, 7) is 6.10. The smallest absolute Gasteiger partial charge is 0.308 e. The second-order valence-electron chi connectivity index (χ2n) is 6.74. The van der Waals surface area contributed by atoms with Crippen LogP contribution >= 0.6 is 11.3 Å². The number of fused-ring (bicyclic) bond motifs is 1. The number of esters is 1. The van der Waals surface area contributed by atoms with E-state index in [4.69, 9.17) is 14.2 Å². The lowest BCUT2D eigenvalue weighted by atomic mass is 10.2. The Morgan fingerprint density at radius 3 is 2.47 bits per heavy atom. The van der Waals surface area contributed by atoms with E-state index in [0.29, 0.717) is 40.0 Å². The molecule has 0 saturated heterocycles. The highest BCUT2D eigenvalue weighted by Gasteiger charge is 2.13. The molecule has 0 amide bonds. The van der Waals surface area contributed by atoms with Crippen molar-refractivity contribution < 1.29 is 19.0 Å². The molecule has 4 aromatic rings. The van der Waals surface area contributed by atoms with Crippen LogP contribution in [-0.2, 0) is 4.79 Å². The van der Waals surface area contributed by atoms with Gasteiger partial charge >= 0.3 is 5.97 Å². The number of benzene rings is 2. The molecule has 0 aliphatic heterocycles. The van der Waals surface area contributed by atoms with Gasteiger partial charge in [0.05, 0.1) is 17.7 Å². The SMILES string of the molecule is CCOc1ccc(-c2nc3sc(=Cc4ccc(OC(C)=O)c(OCC)c4)c(=O)n3n2)cc1. The Morgan fingerprint density at radius 2 is 1.81 bits per heavy atom. The van der Waals surface area contributed by atoms with Gasteiger partial charge < -0.3 is 14.2 Å². The molecule has 0 atom stereocenters. The van der Waals surface area contributed by atoms with Gasteiger partial charge in [-0.1, -0.05) is 17.4 Å². The van der Waals surface area contributed by atoms with Crippen LogP contribution in [0.2, 0.25) is 0 Å². The van der Waals surface area contributed by atoms with Gasteiger partial charge in [0.1, 0.15) is 5.75 Å². The molecule has 0 radical (unpaired) electrons. The molecule has 9 heteroatoms. The fourth-order valence-corrected chi connectivity index (χ4v) is 4.00. The van der Waals surface area contributed by atoms with Crippen LogP contribution in [0.5, 0.6) is 17.2 Å². The molecule has 0 N–H and O–H groups in total. The Morgan fingerprint density at radius 1 is 1.06 bits per heavy atom. The summed E-state index contributed by atoms with van der Waals surface area (Å²) in [5.41, 5.74) is 1.28. The molecule has 0 saturated carbocycles. The van der Waals surface area contributed by atoms with Gasteiger partial charge in [-0.3, -0.25) is 9.59 Å². The normalized spacial score (nSPS) is 11.7. The highest BCUT2D eigenvalue weighted by molar-refractivity contribution is 7.15. The molecule has 4 rings (SSSR count). The summed E-state index contributed by atoms with van der Waals surface area (Å²) in [4.78, 5) is 29.2. The van der Waals surface area contributed by atoms with Gasteiger partial charge in [0.15, 0.2) is 17.3 Å². The highest BCUT2D eigenvalue weighted by atomic mass is 32.1. The minimum atomic E-state index is -0.432. The molecular formula is C23H21N3O5S. The van der Waals surface area contributed by atoms with Gasteiger partial charge in [-0.05, 0) is 61.9 Å². The molecule has 2 aromatic heterocycles. The van der Waals surface area contributed by atoms with Crippen LogP contribution in [-0.4, -0.2) is 33.8 Å². The molecule has 0 spiro atoms. The predicted molar refractivity (Wildman–Crippen MR) is 121 cm³/mol. The van der Waals surface area contributed by atoms with E-state index in [1.807, 2.05) is 38.1 Å². The van der Waals surface area contributed by atoms with Crippen molar-refractivity contribution in [2.75, 3.05) is 13.2 Å². The Balaban J connectivity index is 1.67. The summed E-state index contributed by atoms with van der Waals surface area (Å²) in [7, 11) is 0. The minimum Gasteiger partial charge on any atom is -0.494 e. The topological polar surface area (TPSA) is 92.0 Å². The molecule has 0 fully saturated rings. The lowest BCUT2D eigenvalue weighted by Crippen LogP contribution is -2.23. The highest BCUT2D eigenvalue weighted by Crippen LogP contribution is 2.29. The van der Waals surface area contributed by atoms with Gasteiger partial charge in [0.25, 0.3) is 5.56 Å². The van der Waals surface area contributed by atoms with Crippen LogP contribution in [0.3, 0.4) is 0 Å². The summed E-state index contributed by atoms with van der Waals surface area (Å²) in [6, 6.07) is 12.5. The average Bonchev–Trinajstić information content (AvgIpc) is 3.30. The second kappa shape index (κ2) is 9.19. The Bertz CT molecular complexity index is 1380. The molecule has 164 valence electrons.